The van der Waals surface area contributed by atoms with E-state index in [-0.39, 0.29) is 57.2 Å². The van der Waals surface area contributed by atoms with Crippen molar-refractivity contribution in [2.45, 2.75) is 25.3 Å². The topological polar surface area (TPSA) is 123 Å². The van der Waals surface area contributed by atoms with Gasteiger partial charge in [0.2, 0.25) is 11.7 Å². The standard InChI is InChI=1S/C29H31ClF2N6O4/c1-36-22(20-5-6-23(42-2)25(32)24(20)31)14-34-26(36)27(39)35-18-3-4-19(21(30)13-18)29(41)37-10-7-16(8-11-37)28(40)38-12-9-17(33)15-38/h3-6,13-14,16-17H,7-12,15,33H2,1-2H3,(H,35,39)/t17-/m1/s1. The molecule has 42 heavy (non-hydrogen) atoms. The van der Waals surface area contributed by atoms with Gasteiger partial charge in [-0.1, -0.05) is 11.6 Å². The summed E-state index contributed by atoms with van der Waals surface area (Å²) in [5.74, 6) is -3.44. The summed E-state index contributed by atoms with van der Waals surface area (Å²) in [5, 5.41) is 2.82. The lowest BCUT2D eigenvalue weighted by Crippen LogP contribution is -2.44. The van der Waals surface area contributed by atoms with Crippen LogP contribution in [0.15, 0.2) is 36.5 Å². The zero-order valence-corrected chi connectivity index (χ0v) is 24.0. The van der Waals surface area contributed by atoms with E-state index in [1.807, 2.05) is 4.90 Å². The van der Waals surface area contributed by atoms with Crippen LogP contribution in [0.25, 0.3) is 11.3 Å². The highest BCUT2D eigenvalue weighted by Gasteiger charge is 2.33. The molecule has 0 unspecified atom stereocenters. The molecule has 2 saturated heterocycles. The SMILES string of the molecule is COc1ccc(-c2cnc(C(=O)Nc3ccc(C(=O)N4CCC(C(=O)N5CC[C@@H](N)C5)CC4)c(Cl)c3)n2C)c(F)c1F. The van der Waals surface area contributed by atoms with Gasteiger partial charge >= 0.3 is 0 Å². The molecule has 0 aliphatic carbocycles. The van der Waals surface area contributed by atoms with Gasteiger partial charge in [-0.15, -0.1) is 0 Å². The summed E-state index contributed by atoms with van der Waals surface area (Å²) in [6, 6.07) is 7.20. The van der Waals surface area contributed by atoms with Gasteiger partial charge in [-0.2, -0.15) is 4.39 Å². The minimum atomic E-state index is -1.14. The summed E-state index contributed by atoms with van der Waals surface area (Å²) < 4.78 is 35.0. The van der Waals surface area contributed by atoms with Crippen LogP contribution < -0.4 is 15.8 Å². The molecule has 2 aliphatic heterocycles. The number of hydrogen-bond acceptors (Lipinski definition) is 6. The molecule has 3 heterocycles. The molecule has 3 N–H and O–H groups in total. The van der Waals surface area contributed by atoms with Crippen molar-refractivity contribution in [1.29, 1.82) is 0 Å². The van der Waals surface area contributed by atoms with Crippen LogP contribution in [-0.2, 0) is 11.8 Å². The van der Waals surface area contributed by atoms with Gasteiger partial charge < -0.3 is 30.2 Å². The van der Waals surface area contributed by atoms with Crippen LogP contribution in [0.3, 0.4) is 0 Å². The second-order valence-electron chi connectivity index (χ2n) is 10.5. The van der Waals surface area contributed by atoms with E-state index in [1.54, 1.807) is 11.0 Å². The summed E-state index contributed by atoms with van der Waals surface area (Å²) >= 11 is 6.44. The van der Waals surface area contributed by atoms with Gasteiger partial charge in [-0.05, 0) is 49.6 Å². The largest absolute Gasteiger partial charge is 0.494 e. The molecule has 222 valence electrons. The lowest BCUT2D eigenvalue weighted by atomic mass is 9.95. The zero-order valence-electron chi connectivity index (χ0n) is 23.2. The molecule has 1 aromatic heterocycles. The number of carbonyl (C=O) groups excluding carboxylic acids is 3. The highest BCUT2D eigenvalue weighted by atomic mass is 35.5. The maximum Gasteiger partial charge on any atom is 0.291 e. The first-order valence-corrected chi connectivity index (χ1v) is 14.0. The molecule has 0 spiro atoms. The Hall–Kier alpha value is -4.03. The number of imidazole rings is 1. The van der Waals surface area contributed by atoms with Gasteiger partial charge in [0.25, 0.3) is 11.8 Å². The summed E-state index contributed by atoms with van der Waals surface area (Å²) in [7, 11) is 2.74. The van der Waals surface area contributed by atoms with Crippen LogP contribution in [0.5, 0.6) is 5.75 Å². The lowest BCUT2D eigenvalue weighted by molar-refractivity contribution is -0.135. The number of ether oxygens (including phenoxy) is 1. The van der Waals surface area contributed by atoms with E-state index in [0.717, 1.165) is 6.42 Å². The number of anilines is 1. The normalized spacial score (nSPS) is 17.4. The number of nitrogens with two attached hydrogens (primary N) is 1. The molecule has 10 nitrogen and oxygen atoms in total. The minimum Gasteiger partial charge on any atom is -0.494 e. The average Bonchev–Trinajstić information content (AvgIpc) is 3.59. The van der Waals surface area contributed by atoms with Crippen molar-refractivity contribution in [2.24, 2.45) is 18.7 Å². The molecule has 0 bridgehead atoms. The Morgan fingerprint density at radius 2 is 1.76 bits per heavy atom. The fourth-order valence-corrected chi connectivity index (χ4v) is 5.72. The molecule has 2 aromatic carbocycles. The Kier molecular flexibility index (Phi) is 8.46. The van der Waals surface area contributed by atoms with Crippen LogP contribution in [-0.4, -0.2) is 76.4 Å². The smallest absolute Gasteiger partial charge is 0.291 e. The Morgan fingerprint density at radius 3 is 2.40 bits per heavy atom. The number of hydrogen-bond donors (Lipinski definition) is 2. The number of methoxy groups -OCH3 is 1. The van der Waals surface area contributed by atoms with E-state index in [4.69, 9.17) is 22.1 Å². The maximum atomic E-state index is 14.6. The number of halogens is 3. The first-order chi connectivity index (χ1) is 20.1. The molecule has 2 aliphatic rings. The highest BCUT2D eigenvalue weighted by Crippen LogP contribution is 2.31. The average molecular weight is 601 g/mol. The zero-order chi connectivity index (χ0) is 30.1. The molecule has 5 rings (SSSR count). The molecule has 0 radical (unpaired) electrons. The van der Waals surface area contributed by atoms with Crippen molar-refractivity contribution >= 4 is 35.0 Å². The number of nitrogens with one attached hydrogen (secondary N) is 1. The van der Waals surface area contributed by atoms with Gasteiger partial charge in [-0.3, -0.25) is 14.4 Å². The fraction of sp³-hybridized carbons (Fsp3) is 0.379. The Morgan fingerprint density at radius 1 is 1.05 bits per heavy atom. The Bertz CT molecular complexity index is 1540. The van der Waals surface area contributed by atoms with Crippen LogP contribution in [0, 0.1) is 17.6 Å². The van der Waals surface area contributed by atoms with Gasteiger partial charge in [0.1, 0.15) is 0 Å². The summed E-state index contributed by atoms with van der Waals surface area (Å²) in [6.07, 6.45) is 3.22. The summed E-state index contributed by atoms with van der Waals surface area (Å²) in [6.45, 7) is 2.13. The molecule has 3 amide bonds. The number of nitrogens with zero attached hydrogens (tertiary/aromatic N) is 4. The van der Waals surface area contributed by atoms with Crippen LogP contribution in [0.1, 0.15) is 40.2 Å². The molecule has 0 saturated carbocycles. The van der Waals surface area contributed by atoms with E-state index in [2.05, 4.69) is 10.3 Å². The van der Waals surface area contributed by atoms with E-state index in [9.17, 15) is 23.2 Å². The second-order valence-corrected chi connectivity index (χ2v) is 10.9. The van der Waals surface area contributed by atoms with Crippen molar-refractivity contribution in [3.8, 4) is 17.0 Å². The first-order valence-electron chi connectivity index (χ1n) is 13.6. The number of piperidine rings is 1. The third kappa shape index (κ3) is 5.68. The molecular weight excluding hydrogens is 570 g/mol. The number of likely N-dealkylation sites (tertiary alicyclic amines) is 2. The van der Waals surface area contributed by atoms with Crippen molar-refractivity contribution < 1.29 is 27.9 Å². The van der Waals surface area contributed by atoms with Gasteiger partial charge in [0, 0.05) is 56.4 Å². The fourth-order valence-electron chi connectivity index (χ4n) is 5.46. The van der Waals surface area contributed by atoms with Gasteiger partial charge in [-0.25, -0.2) is 9.37 Å². The summed E-state index contributed by atoms with van der Waals surface area (Å²) in [5.41, 5.74) is 6.64. The third-order valence-corrected chi connectivity index (χ3v) is 8.17. The molecular formula is C29H31ClF2N6O4. The van der Waals surface area contributed by atoms with E-state index < -0.39 is 17.5 Å². The van der Waals surface area contributed by atoms with Gasteiger partial charge in [0.05, 0.1) is 29.6 Å². The molecule has 13 heteroatoms. The number of amides is 3. The lowest BCUT2D eigenvalue weighted by Gasteiger charge is -2.33. The van der Waals surface area contributed by atoms with Crippen LogP contribution in [0.2, 0.25) is 5.02 Å². The number of rotatable bonds is 6. The second kappa shape index (κ2) is 12.1. The molecule has 1 atom stereocenters. The van der Waals surface area contributed by atoms with Crippen molar-refractivity contribution in [3.05, 3.63) is 64.6 Å². The van der Waals surface area contributed by atoms with Crippen LogP contribution >= 0.6 is 11.6 Å². The Labute approximate surface area is 246 Å². The quantitative estimate of drug-likeness (QED) is 0.445. The van der Waals surface area contributed by atoms with E-state index in [0.29, 0.717) is 44.7 Å². The number of benzene rings is 2. The number of carbonyl (C=O) groups is 3. The van der Waals surface area contributed by atoms with E-state index in [1.165, 1.54) is 49.2 Å². The molecule has 2 fully saturated rings. The monoisotopic (exact) mass is 600 g/mol. The third-order valence-electron chi connectivity index (χ3n) is 7.86. The summed E-state index contributed by atoms with van der Waals surface area (Å²) in [4.78, 5) is 46.5. The minimum absolute atomic E-state index is 0.0292. The Balaban J connectivity index is 1.22. The maximum absolute atomic E-state index is 14.6. The predicted molar refractivity (Wildman–Crippen MR) is 152 cm³/mol. The number of aromatic nitrogens is 2. The van der Waals surface area contributed by atoms with Crippen molar-refractivity contribution in [1.82, 2.24) is 19.4 Å². The highest BCUT2D eigenvalue weighted by molar-refractivity contribution is 6.34. The molecule has 3 aromatic rings. The first kappa shape index (κ1) is 29.5. The van der Waals surface area contributed by atoms with E-state index >= 15 is 0 Å². The van der Waals surface area contributed by atoms with Gasteiger partial charge in [0.15, 0.2) is 17.4 Å². The van der Waals surface area contributed by atoms with Crippen LogP contribution in [0.4, 0.5) is 14.5 Å². The van der Waals surface area contributed by atoms with Crippen molar-refractivity contribution in [2.75, 3.05) is 38.6 Å². The van der Waals surface area contributed by atoms with Crippen molar-refractivity contribution in [3.63, 3.8) is 0 Å². The predicted octanol–water partition coefficient (Wildman–Crippen LogP) is 3.69.